The first-order valence-corrected chi connectivity index (χ1v) is 6.53. The predicted octanol–water partition coefficient (Wildman–Crippen LogP) is 1.67. The van der Waals surface area contributed by atoms with E-state index in [0.29, 0.717) is 18.5 Å². The molecule has 2 aromatic rings. The number of rotatable bonds is 3. The fourth-order valence-electron chi connectivity index (χ4n) is 2.47. The Morgan fingerprint density at radius 1 is 1.42 bits per heavy atom. The highest BCUT2D eigenvalue weighted by atomic mass is 16.5. The van der Waals surface area contributed by atoms with Gasteiger partial charge in [0.25, 0.3) is 0 Å². The van der Waals surface area contributed by atoms with Gasteiger partial charge in [-0.1, -0.05) is 25.1 Å². The molecule has 0 saturated carbocycles. The van der Waals surface area contributed by atoms with Crippen molar-refractivity contribution in [3.63, 3.8) is 0 Å². The van der Waals surface area contributed by atoms with Crippen molar-refractivity contribution in [3.05, 3.63) is 42.0 Å². The molecule has 0 spiro atoms. The molecule has 0 aliphatic carbocycles. The monoisotopic (exact) mass is 258 g/mol. The van der Waals surface area contributed by atoms with Crippen LogP contribution in [0, 0.1) is 5.92 Å². The van der Waals surface area contributed by atoms with Gasteiger partial charge >= 0.3 is 0 Å². The molecule has 1 aromatic heterocycles. The molecule has 5 nitrogen and oxygen atoms in total. The van der Waals surface area contributed by atoms with Crippen molar-refractivity contribution < 1.29 is 4.74 Å². The first kappa shape index (κ1) is 12.2. The molecule has 1 aliphatic rings. The van der Waals surface area contributed by atoms with Crippen LogP contribution in [0.2, 0.25) is 0 Å². The van der Waals surface area contributed by atoms with Crippen molar-refractivity contribution in [1.29, 1.82) is 0 Å². The number of fused-ring (bicyclic) bond motifs is 1. The van der Waals surface area contributed by atoms with Crippen LogP contribution in [-0.4, -0.2) is 21.4 Å². The molecule has 0 fully saturated rings. The normalized spacial score (nSPS) is 21.8. The van der Waals surface area contributed by atoms with Gasteiger partial charge in [0.2, 0.25) is 0 Å². The van der Waals surface area contributed by atoms with Gasteiger partial charge in [-0.2, -0.15) is 0 Å². The van der Waals surface area contributed by atoms with E-state index in [2.05, 4.69) is 34.6 Å². The summed E-state index contributed by atoms with van der Waals surface area (Å²) in [6.07, 6.45) is 1.72. The lowest BCUT2D eigenvalue weighted by molar-refractivity contribution is 0.187. The maximum absolute atomic E-state index is 5.75. The molecule has 100 valence electrons. The van der Waals surface area contributed by atoms with Crippen molar-refractivity contribution in [1.82, 2.24) is 20.1 Å². The fraction of sp³-hybridized carbons (Fsp3) is 0.429. The second kappa shape index (κ2) is 5.01. The van der Waals surface area contributed by atoms with Crippen LogP contribution in [-0.2, 0) is 13.6 Å². The van der Waals surface area contributed by atoms with E-state index in [9.17, 15) is 0 Å². The number of aromatic nitrogens is 3. The zero-order valence-electron chi connectivity index (χ0n) is 11.2. The van der Waals surface area contributed by atoms with Gasteiger partial charge in [0.15, 0.2) is 0 Å². The van der Waals surface area contributed by atoms with Crippen LogP contribution in [0.4, 0.5) is 0 Å². The average molecular weight is 258 g/mol. The largest absolute Gasteiger partial charge is 0.493 e. The molecular weight excluding hydrogens is 240 g/mol. The first-order chi connectivity index (χ1) is 9.25. The Hall–Kier alpha value is -1.88. The molecule has 2 heterocycles. The summed E-state index contributed by atoms with van der Waals surface area (Å²) in [5.74, 6) is 2.36. The van der Waals surface area contributed by atoms with Crippen LogP contribution in [0.5, 0.6) is 5.75 Å². The van der Waals surface area contributed by atoms with E-state index in [0.717, 1.165) is 18.2 Å². The zero-order chi connectivity index (χ0) is 13.2. The summed E-state index contributed by atoms with van der Waals surface area (Å²) in [4.78, 5) is 0. The second-order valence-electron chi connectivity index (χ2n) is 5.04. The number of nitrogens with zero attached hydrogens (tertiary/aromatic N) is 3. The van der Waals surface area contributed by atoms with E-state index in [1.54, 1.807) is 6.33 Å². The highest BCUT2D eigenvalue weighted by molar-refractivity contribution is 5.37. The van der Waals surface area contributed by atoms with Crippen LogP contribution in [0.25, 0.3) is 0 Å². The van der Waals surface area contributed by atoms with Crippen LogP contribution >= 0.6 is 0 Å². The minimum absolute atomic E-state index is 0.293. The predicted molar refractivity (Wildman–Crippen MR) is 71.7 cm³/mol. The number of para-hydroxylation sites is 1. The van der Waals surface area contributed by atoms with Gasteiger partial charge in [0, 0.05) is 24.6 Å². The lowest BCUT2D eigenvalue weighted by atomic mass is 9.92. The van der Waals surface area contributed by atoms with Crippen LogP contribution in [0.1, 0.15) is 24.4 Å². The van der Waals surface area contributed by atoms with Crippen molar-refractivity contribution in [2.45, 2.75) is 19.5 Å². The average Bonchev–Trinajstić information content (AvgIpc) is 2.83. The molecule has 2 unspecified atom stereocenters. The van der Waals surface area contributed by atoms with Crippen LogP contribution < -0.4 is 10.1 Å². The molecule has 1 aromatic carbocycles. The topological polar surface area (TPSA) is 52.0 Å². The summed E-state index contributed by atoms with van der Waals surface area (Å²) in [6, 6.07) is 8.50. The van der Waals surface area contributed by atoms with Crippen LogP contribution in [0.15, 0.2) is 30.6 Å². The number of benzene rings is 1. The number of ether oxygens (including phenoxy) is 1. The first-order valence-electron chi connectivity index (χ1n) is 6.53. The Morgan fingerprint density at radius 3 is 3.05 bits per heavy atom. The molecule has 0 amide bonds. The maximum atomic E-state index is 5.75. The van der Waals surface area contributed by atoms with Gasteiger partial charge in [-0.3, -0.25) is 0 Å². The van der Waals surface area contributed by atoms with Gasteiger partial charge in [0.05, 0.1) is 13.2 Å². The molecule has 0 radical (unpaired) electrons. The summed E-state index contributed by atoms with van der Waals surface area (Å²) in [5.41, 5.74) is 1.23. The SMILES string of the molecule is CC1COc2ccccc2C1NCc1nncn1C. The number of hydrogen-bond donors (Lipinski definition) is 1. The van der Waals surface area contributed by atoms with Crippen molar-refractivity contribution in [3.8, 4) is 5.75 Å². The number of hydrogen-bond acceptors (Lipinski definition) is 4. The lowest BCUT2D eigenvalue weighted by Gasteiger charge is -2.32. The molecule has 19 heavy (non-hydrogen) atoms. The quantitative estimate of drug-likeness (QED) is 0.910. The summed E-state index contributed by atoms with van der Waals surface area (Å²) in [7, 11) is 1.96. The third kappa shape index (κ3) is 2.33. The van der Waals surface area contributed by atoms with Gasteiger partial charge in [0.1, 0.15) is 17.9 Å². The highest BCUT2D eigenvalue weighted by Gasteiger charge is 2.27. The Kier molecular flexibility index (Phi) is 3.21. The molecule has 0 saturated heterocycles. The smallest absolute Gasteiger partial charge is 0.146 e. The minimum atomic E-state index is 0.293. The number of nitrogens with one attached hydrogen (secondary N) is 1. The zero-order valence-corrected chi connectivity index (χ0v) is 11.2. The molecule has 1 N–H and O–H groups in total. The van der Waals surface area contributed by atoms with E-state index in [1.165, 1.54) is 5.56 Å². The van der Waals surface area contributed by atoms with Crippen molar-refractivity contribution in [2.75, 3.05) is 6.61 Å². The van der Waals surface area contributed by atoms with Gasteiger partial charge in [-0.25, -0.2) is 0 Å². The molecule has 3 rings (SSSR count). The van der Waals surface area contributed by atoms with Gasteiger partial charge in [-0.05, 0) is 6.07 Å². The fourth-order valence-corrected chi connectivity index (χ4v) is 2.47. The van der Waals surface area contributed by atoms with Gasteiger partial charge in [-0.15, -0.1) is 10.2 Å². The van der Waals surface area contributed by atoms with Gasteiger partial charge < -0.3 is 14.6 Å². The lowest BCUT2D eigenvalue weighted by Crippen LogP contribution is -2.34. The highest BCUT2D eigenvalue weighted by Crippen LogP contribution is 2.34. The standard InChI is InChI=1S/C14H18N4O/c1-10-8-19-12-6-4-3-5-11(12)14(10)15-7-13-17-16-9-18(13)2/h3-6,9-10,14-15H,7-8H2,1-2H3. The molecule has 5 heteroatoms. The van der Waals surface area contributed by atoms with E-state index in [4.69, 9.17) is 4.74 Å². The van der Waals surface area contributed by atoms with E-state index in [1.807, 2.05) is 23.7 Å². The number of aryl methyl sites for hydroxylation is 1. The molecule has 1 aliphatic heterocycles. The van der Waals surface area contributed by atoms with Crippen molar-refractivity contribution in [2.24, 2.45) is 13.0 Å². The second-order valence-corrected chi connectivity index (χ2v) is 5.04. The van der Waals surface area contributed by atoms with E-state index < -0.39 is 0 Å². The van der Waals surface area contributed by atoms with Crippen molar-refractivity contribution >= 4 is 0 Å². The molecule has 2 atom stereocenters. The molecular formula is C14H18N4O. The summed E-state index contributed by atoms with van der Waals surface area (Å²) in [5, 5.41) is 11.6. The Morgan fingerprint density at radius 2 is 2.26 bits per heavy atom. The summed E-state index contributed by atoms with van der Waals surface area (Å²) in [6.45, 7) is 3.65. The van der Waals surface area contributed by atoms with Crippen LogP contribution in [0.3, 0.4) is 0 Å². The Bertz CT molecular complexity index is 566. The Balaban J connectivity index is 1.78. The summed E-state index contributed by atoms with van der Waals surface area (Å²) >= 11 is 0. The minimum Gasteiger partial charge on any atom is -0.493 e. The Labute approximate surface area is 112 Å². The maximum Gasteiger partial charge on any atom is 0.146 e. The third-order valence-corrected chi connectivity index (χ3v) is 3.61. The summed E-state index contributed by atoms with van der Waals surface area (Å²) < 4.78 is 7.69. The van der Waals surface area contributed by atoms with E-state index in [-0.39, 0.29) is 0 Å². The molecule has 0 bridgehead atoms. The third-order valence-electron chi connectivity index (χ3n) is 3.61. The van der Waals surface area contributed by atoms with E-state index >= 15 is 0 Å².